The summed E-state index contributed by atoms with van der Waals surface area (Å²) < 4.78 is 10.4. The third-order valence-corrected chi connectivity index (χ3v) is 2.89. The van der Waals surface area contributed by atoms with Crippen molar-refractivity contribution in [2.24, 2.45) is 0 Å². The first-order valence-corrected chi connectivity index (χ1v) is 5.03. The number of nitrogens with zero attached hydrogens (tertiary/aromatic N) is 1. The van der Waals surface area contributed by atoms with E-state index >= 15 is 0 Å². The molecule has 2 unspecified atom stereocenters. The van der Waals surface area contributed by atoms with Crippen LogP contribution in [0.5, 0.6) is 0 Å². The molecule has 0 spiro atoms. The van der Waals surface area contributed by atoms with Crippen molar-refractivity contribution in [1.29, 1.82) is 0 Å². The lowest BCUT2D eigenvalue weighted by atomic mass is 10.1. The van der Waals surface area contributed by atoms with Gasteiger partial charge in [0.1, 0.15) is 0 Å². The molecule has 82 valence electrons. The standard InChI is InChI=1S/C10H19NO3/c1-5-6-10(9(12)13-4)11(3)8(2)7-14-10/h8H,5-7H2,1-4H3. The summed E-state index contributed by atoms with van der Waals surface area (Å²) in [6.45, 7) is 4.66. The van der Waals surface area contributed by atoms with Crippen molar-refractivity contribution < 1.29 is 14.3 Å². The number of likely N-dealkylation sites (N-methyl/N-ethyl adjacent to an activating group) is 1. The number of carbonyl (C=O) groups is 1. The molecule has 1 saturated heterocycles. The van der Waals surface area contributed by atoms with E-state index in [1.807, 2.05) is 25.8 Å². The molecule has 0 aliphatic carbocycles. The molecule has 0 radical (unpaired) electrons. The van der Waals surface area contributed by atoms with E-state index < -0.39 is 5.72 Å². The van der Waals surface area contributed by atoms with Crippen molar-refractivity contribution >= 4 is 5.97 Å². The normalized spacial score (nSPS) is 33.3. The molecule has 0 amide bonds. The van der Waals surface area contributed by atoms with E-state index in [-0.39, 0.29) is 12.0 Å². The third-order valence-electron chi connectivity index (χ3n) is 2.89. The molecule has 0 saturated carbocycles. The van der Waals surface area contributed by atoms with E-state index in [9.17, 15) is 4.79 Å². The van der Waals surface area contributed by atoms with Crippen LogP contribution in [0.1, 0.15) is 26.7 Å². The van der Waals surface area contributed by atoms with Gasteiger partial charge in [-0.3, -0.25) is 4.90 Å². The van der Waals surface area contributed by atoms with Gasteiger partial charge in [-0.05, 0) is 14.0 Å². The predicted molar refractivity (Wildman–Crippen MR) is 52.8 cm³/mol. The van der Waals surface area contributed by atoms with Crippen molar-refractivity contribution in [3.63, 3.8) is 0 Å². The highest BCUT2D eigenvalue weighted by atomic mass is 16.6. The van der Waals surface area contributed by atoms with Gasteiger partial charge >= 0.3 is 5.97 Å². The van der Waals surface area contributed by atoms with Crippen LogP contribution >= 0.6 is 0 Å². The summed E-state index contributed by atoms with van der Waals surface area (Å²) in [7, 11) is 3.31. The van der Waals surface area contributed by atoms with Gasteiger partial charge in [0.05, 0.1) is 13.7 Å². The van der Waals surface area contributed by atoms with Crippen LogP contribution in [0.15, 0.2) is 0 Å². The average Bonchev–Trinajstić information content (AvgIpc) is 2.47. The number of rotatable bonds is 3. The molecular weight excluding hydrogens is 182 g/mol. The van der Waals surface area contributed by atoms with E-state index in [1.165, 1.54) is 7.11 Å². The van der Waals surface area contributed by atoms with Gasteiger partial charge in [0.15, 0.2) is 0 Å². The zero-order valence-corrected chi connectivity index (χ0v) is 9.37. The molecule has 1 aliphatic heterocycles. The van der Waals surface area contributed by atoms with Crippen molar-refractivity contribution in [2.45, 2.75) is 38.5 Å². The molecule has 4 heteroatoms. The van der Waals surface area contributed by atoms with E-state index in [0.29, 0.717) is 13.0 Å². The Bertz CT molecular complexity index is 215. The van der Waals surface area contributed by atoms with Crippen LogP contribution in [0, 0.1) is 0 Å². The summed E-state index contributed by atoms with van der Waals surface area (Å²) in [4.78, 5) is 13.7. The second-order valence-electron chi connectivity index (χ2n) is 3.80. The van der Waals surface area contributed by atoms with Crippen LogP contribution in [0.3, 0.4) is 0 Å². The van der Waals surface area contributed by atoms with E-state index in [0.717, 1.165) is 6.42 Å². The van der Waals surface area contributed by atoms with Gasteiger partial charge in [-0.25, -0.2) is 4.79 Å². The summed E-state index contributed by atoms with van der Waals surface area (Å²) in [5.74, 6) is -0.286. The Morgan fingerprint density at radius 1 is 1.71 bits per heavy atom. The minimum absolute atomic E-state index is 0.264. The van der Waals surface area contributed by atoms with Crippen LogP contribution in [0.25, 0.3) is 0 Å². The second-order valence-corrected chi connectivity index (χ2v) is 3.80. The number of esters is 1. The molecule has 4 nitrogen and oxygen atoms in total. The molecule has 0 aromatic carbocycles. The maximum absolute atomic E-state index is 11.7. The smallest absolute Gasteiger partial charge is 0.353 e. The van der Waals surface area contributed by atoms with Crippen LogP contribution < -0.4 is 0 Å². The molecule has 0 bridgehead atoms. The zero-order valence-electron chi connectivity index (χ0n) is 9.37. The van der Waals surface area contributed by atoms with Crippen molar-refractivity contribution in [1.82, 2.24) is 4.90 Å². The molecule has 1 heterocycles. The minimum Gasteiger partial charge on any atom is -0.466 e. The van der Waals surface area contributed by atoms with Gasteiger partial charge in [-0.2, -0.15) is 0 Å². The fourth-order valence-electron chi connectivity index (χ4n) is 1.88. The average molecular weight is 201 g/mol. The van der Waals surface area contributed by atoms with E-state index in [1.54, 1.807) is 0 Å². The van der Waals surface area contributed by atoms with Crippen LogP contribution in [0.4, 0.5) is 0 Å². The number of hydrogen-bond donors (Lipinski definition) is 0. The largest absolute Gasteiger partial charge is 0.466 e. The van der Waals surface area contributed by atoms with Gasteiger partial charge in [0.25, 0.3) is 0 Å². The summed E-state index contributed by atoms with van der Waals surface area (Å²) in [5, 5.41) is 0. The Morgan fingerprint density at radius 3 is 2.71 bits per heavy atom. The molecule has 14 heavy (non-hydrogen) atoms. The first-order chi connectivity index (χ1) is 6.58. The third kappa shape index (κ3) is 1.64. The Labute approximate surface area is 85.2 Å². The van der Waals surface area contributed by atoms with Crippen LogP contribution in [-0.2, 0) is 14.3 Å². The van der Waals surface area contributed by atoms with Crippen LogP contribution in [-0.4, -0.2) is 43.4 Å². The Balaban J connectivity index is 2.87. The fraction of sp³-hybridized carbons (Fsp3) is 0.900. The van der Waals surface area contributed by atoms with E-state index in [4.69, 9.17) is 9.47 Å². The van der Waals surface area contributed by atoms with Gasteiger partial charge in [0, 0.05) is 12.5 Å². The minimum atomic E-state index is -0.844. The quantitative estimate of drug-likeness (QED) is 0.639. The highest BCUT2D eigenvalue weighted by molar-refractivity contribution is 5.79. The van der Waals surface area contributed by atoms with E-state index in [2.05, 4.69) is 0 Å². The number of hydrogen-bond acceptors (Lipinski definition) is 4. The van der Waals surface area contributed by atoms with Crippen molar-refractivity contribution in [3.8, 4) is 0 Å². The summed E-state index contributed by atoms with van der Waals surface area (Å²) in [5.41, 5.74) is -0.844. The maximum Gasteiger partial charge on any atom is 0.353 e. The number of carbonyl (C=O) groups excluding carboxylic acids is 1. The predicted octanol–water partition coefficient (Wildman–Crippen LogP) is 1.01. The van der Waals surface area contributed by atoms with Gasteiger partial charge in [0.2, 0.25) is 5.72 Å². The lowest BCUT2D eigenvalue weighted by Gasteiger charge is -2.32. The monoisotopic (exact) mass is 201 g/mol. The van der Waals surface area contributed by atoms with Gasteiger partial charge < -0.3 is 9.47 Å². The van der Waals surface area contributed by atoms with Crippen molar-refractivity contribution in [3.05, 3.63) is 0 Å². The lowest BCUT2D eigenvalue weighted by Crippen LogP contribution is -2.52. The van der Waals surface area contributed by atoms with Gasteiger partial charge in [-0.15, -0.1) is 0 Å². The number of methoxy groups -OCH3 is 1. The Hall–Kier alpha value is -0.610. The summed E-state index contributed by atoms with van der Waals surface area (Å²) in [6.07, 6.45) is 1.58. The second kappa shape index (κ2) is 4.28. The lowest BCUT2D eigenvalue weighted by molar-refractivity contribution is -0.180. The first-order valence-electron chi connectivity index (χ1n) is 5.03. The molecule has 1 rings (SSSR count). The molecule has 1 fully saturated rings. The van der Waals surface area contributed by atoms with Crippen LogP contribution in [0.2, 0.25) is 0 Å². The molecule has 0 N–H and O–H groups in total. The highest BCUT2D eigenvalue weighted by Crippen LogP contribution is 2.31. The Morgan fingerprint density at radius 2 is 2.36 bits per heavy atom. The first kappa shape index (κ1) is 11.5. The molecule has 0 aromatic heterocycles. The number of ether oxygens (including phenoxy) is 2. The topological polar surface area (TPSA) is 38.8 Å². The molecule has 2 atom stereocenters. The SMILES string of the molecule is CCCC1(C(=O)OC)OCC(C)N1C. The highest BCUT2D eigenvalue weighted by Gasteiger charge is 2.50. The summed E-state index contributed by atoms with van der Waals surface area (Å²) >= 11 is 0. The molecule has 1 aliphatic rings. The summed E-state index contributed by atoms with van der Waals surface area (Å²) in [6, 6.07) is 0.264. The Kier molecular flexibility index (Phi) is 3.50. The maximum atomic E-state index is 11.7. The zero-order chi connectivity index (χ0) is 10.8. The molecular formula is C10H19NO3. The molecule has 0 aromatic rings. The van der Waals surface area contributed by atoms with Crippen molar-refractivity contribution in [2.75, 3.05) is 20.8 Å². The van der Waals surface area contributed by atoms with Gasteiger partial charge in [-0.1, -0.05) is 13.3 Å². The fourth-order valence-corrected chi connectivity index (χ4v) is 1.88.